The molecule has 1 atom stereocenters. The number of anilines is 1. The van der Waals surface area contributed by atoms with Crippen molar-refractivity contribution in [1.29, 1.82) is 0 Å². The second-order valence-electron chi connectivity index (χ2n) is 3.86. The van der Waals surface area contributed by atoms with Crippen molar-refractivity contribution in [3.05, 3.63) is 23.4 Å². The molecule has 1 N–H and O–H groups in total. The highest BCUT2D eigenvalue weighted by molar-refractivity contribution is 5.41. The van der Waals surface area contributed by atoms with E-state index in [0.717, 1.165) is 25.5 Å². The highest BCUT2D eigenvalue weighted by atomic mass is 16.5. The topological polar surface area (TPSA) is 34.2 Å². The molecule has 0 radical (unpaired) electrons. The zero-order chi connectivity index (χ0) is 12.0. The molecule has 3 heteroatoms. The van der Waals surface area contributed by atoms with Crippen LogP contribution in [0.2, 0.25) is 0 Å². The lowest BCUT2D eigenvalue weighted by molar-refractivity contribution is 0.195. The van der Waals surface area contributed by atoms with Gasteiger partial charge in [-0.25, -0.2) is 4.98 Å². The van der Waals surface area contributed by atoms with Crippen LogP contribution in [0.25, 0.3) is 0 Å². The zero-order valence-corrected chi connectivity index (χ0v) is 10.7. The van der Waals surface area contributed by atoms with Crippen LogP contribution in [0.3, 0.4) is 0 Å². The maximum absolute atomic E-state index is 5.29. The van der Waals surface area contributed by atoms with Crippen LogP contribution in [0, 0.1) is 13.8 Å². The van der Waals surface area contributed by atoms with Gasteiger partial charge in [-0.3, -0.25) is 0 Å². The summed E-state index contributed by atoms with van der Waals surface area (Å²) in [5.41, 5.74) is 2.51. The Labute approximate surface area is 98.2 Å². The van der Waals surface area contributed by atoms with Crippen LogP contribution in [-0.2, 0) is 4.74 Å². The molecule has 0 saturated carbocycles. The second kappa shape index (κ2) is 6.48. The molecule has 1 aromatic rings. The Bertz CT molecular complexity index is 320. The molecule has 1 saturated heterocycles. The molecule has 3 nitrogen and oxygen atoms in total. The molecule has 0 spiro atoms. The maximum atomic E-state index is 5.29. The van der Waals surface area contributed by atoms with E-state index in [0.29, 0.717) is 6.04 Å². The zero-order valence-electron chi connectivity index (χ0n) is 10.7. The largest absolute Gasteiger partial charge is 0.379 e. The van der Waals surface area contributed by atoms with E-state index in [2.05, 4.69) is 30.2 Å². The molecule has 16 heavy (non-hydrogen) atoms. The van der Waals surface area contributed by atoms with Gasteiger partial charge in [0.1, 0.15) is 5.82 Å². The van der Waals surface area contributed by atoms with Crippen LogP contribution in [0.1, 0.15) is 31.4 Å². The number of nitrogens with one attached hydrogen (secondary N) is 1. The summed E-state index contributed by atoms with van der Waals surface area (Å²) in [6.07, 6.45) is 2.99. The standard InChI is InChI=1S/C11H16N2O.C2H6/c1-8-5-11(12-6-9(8)2)13-10-3-4-14-7-10;1-2/h5-6,10H,3-4,7H2,1-2H3,(H,12,13);1-2H3. The summed E-state index contributed by atoms with van der Waals surface area (Å²) in [5, 5.41) is 3.37. The van der Waals surface area contributed by atoms with Gasteiger partial charge in [0.2, 0.25) is 0 Å². The molecule has 1 unspecified atom stereocenters. The number of ether oxygens (including phenoxy) is 1. The lowest BCUT2D eigenvalue weighted by atomic mass is 10.2. The highest BCUT2D eigenvalue weighted by Crippen LogP contribution is 2.14. The minimum Gasteiger partial charge on any atom is -0.379 e. The number of aromatic nitrogens is 1. The van der Waals surface area contributed by atoms with E-state index in [1.165, 1.54) is 11.1 Å². The van der Waals surface area contributed by atoms with Gasteiger partial charge in [-0.1, -0.05) is 13.8 Å². The summed E-state index contributed by atoms with van der Waals surface area (Å²) in [6.45, 7) is 9.84. The highest BCUT2D eigenvalue weighted by Gasteiger charge is 2.15. The van der Waals surface area contributed by atoms with Crippen molar-refractivity contribution in [2.45, 2.75) is 40.2 Å². The fraction of sp³-hybridized carbons (Fsp3) is 0.615. The molecule has 1 aromatic heterocycles. The van der Waals surface area contributed by atoms with E-state index in [9.17, 15) is 0 Å². The van der Waals surface area contributed by atoms with Crippen LogP contribution in [0.4, 0.5) is 5.82 Å². The van der Waals surface area contributed by atoms with Crippen molar-refractivity contribution in [3.8, 4) is 0 Å². The second-order valence-corrected chi connectivity index (χ2v) is 3.86. The predicted molar refractivity (Wildman–Crippen MR) is 67.9 cm³/mol. The van der Waals surface area contributed by atoms with Gasteiger partial charge >= 0.3 is 0 Å². The Morgan fingerprint density at radius 3 is 2.62 bits per heavy atom. The Morgan fingerprint density at radius 2 is 2.06 bits per heavy atom. The lowest BCUT2D eigenvalue weighted by Crippen LogP contribution is -2.19. The van der Waals surface area contributed by atoms with Gasteiger partial charge in [-0.2, -0.15) is 0 Å². The van der Waals surface area contributed by atoms with Crippen LogP contribution >= 0.6 is 0 Å². The van der Waals surface area contributed by atoms with Crippen molar-refractivity contribution < 1.29 is 4.74 Å². The summed E-state index contributed by atoms with van der Waals surface area (Å²) in [4.78, 5) is 4.34. The van der Waals surface area contributed by atoms with Crippen molar-refractivity contribution in [2.75, 3.05) is 18.5 Å². The van der Waals surface area contributed by atoms with Crippen LogP contribution in [0.5, 0.6) is 0 Å². The average molecular weight is 222 g/mol. The molecule has 1 fully saturated rings. The number of hydrogen-bond acceptors (Lipinski definition) is 3. The third-order valence-corrected chi connectivity index (χ3v) is 2.65. The number of pyridine rings is 1. The van der Waals surface area contributed by atoms with E-state index in [1.54, 1.807) is 0 Å². The Morgan fingerprint density at radius 1 is 1.31 bits per heavy atom. The van der Waals surface area contributed by atoms with Gasteiger partial charge in [0.15, 0.2) is 0 Å². The molecule has 0 bridgehead atoms. The van der Waals surface area contributed by atoms with Gasteiger partial charge in [0, 0.05) is 12.8 Å². The van der Waals surface area contributed by atoms with E-state index < -0.39 is 0 Å². The van der Waals surface area contributed by atoms with E-state index in [1.807, 2.05) is 20.0 Å². The van der Waals surface area contributed by atoms with Crippen LogP contribution in [-0.4, -0.2) is 24.2 Å². The lowest BCUT2D eigenvalue weighted by Gasteiger charge is -2.12. The summed E-state index contributed by atoms with van der Waals surface area (Å²) >= 11 is 0. The average Bonchev–Trinajstić information content (AvgIpc) is 2.79. The Balaban J connectivity index is 0.000000606. The SMILES string of the molecule is CC.Cc1cnc(NC2CCOC2)cc1C. The van der Waals surface area contributed by atoms with Crippen molar-refractivity contribution >= 4 is 5.82 Å². The molecule has 0 aromatic carbocycles. The number of aryl methyl sites for hydroxylation is 2. The van der Waals surface area contributed by atoms with Gasteiger partial charge in [-0.15, -0.1) is 0 Å². The smallest absolute Gasteiger partial charge is 0.126 e. The minimum atomic E-state index is 0.435. The first-order valence-corrected chi connectivity index (χ1v) is 6.03. The molecule has 0 amide bonds. The molecule has 1 aliphatic rings. The van der Waals surface area contributed by atoms with Crippen molar-refractivity contribution in [2.24, 2.45) is 0 Å². The summed E-state index contributed by atoms with van der Waals surface area (Å²) < 4.78 is 5.29. The molecule has 2 rings (SSSR count). The molecular formula is C13H22N2O. The van der Waals surface area contributed by atoms with Gasteiger partial charge < -0.3 is 10.1 Å². The number of hydrogen-bond donors (Lipinski definition) is 1. The first kappa shape index (κ1) is 13.0. The normalized spacial score (nSPS) is 18.9. The van der Waals surface area contributed by atoms with Gasteiger partial charge in [0.25, 0.3) is 0 Å². The van der Waals surface area contributed by atoms with E-state index in [-0.39, 0.29) is 0 Å². The molecular weight excluding hydrogens is 200 g/mol. The first-order chi connectivity index (χ1) is 7.75. The Hall–Kier alpha value is -1.09. The van der Waals surface area contributed by atoms with Crippen LogP contribution in [0.15, 0.2) is 12.3 Å². The summed E-state index contributed by atoms with van der Waals surface area (Å²) in [6, 6.07) is 2.53. The van der Waals surface area contributed by atoms with E-state index >= 15 is 0 Å². The van der Waals surface area contributed by atoms with Crippen molar-refractivity contribution in [3.63, 3.8) is 0 Å². The molecule has 2 heterocycles. The maximum Gasteiger partial charge on any atom is 0.126 e. The van der Waals surface area contributed by atoms with E-state index in [4.69, 9.17) is 4.74 Å². The van der Waals surface area contributed by atoms with Crippen LogP contribution < -0.4 is 5.32 Å². The molecule has 0 aliphatic carbocycles. The number of rotatable bonds is 2. The predicted octanol–water partition coefficient (Wildman–Crippen LogP) is 2.93. The van der Waals surface area contributed by atoms with Crippen molar-refractivity contribution in [1.82, 2.24) is 4.98 Å². The Kier molecular flexibility index (Phi) is 5.26. The fourth-order valence-corrected chi connectivity index (χ4v) is 1.56. The monoisotopic (exact) mass is 222 g/mol. The summed E-state index contributed by atoms with van der Waals surface area (Å²) in [7, 11) is 0. The number of nitrogens with zero attached hydrogens (tertiary/aromatic N) is 1. The fourth-order valence-electron chi connectivity index (χ4n) is 1.56. The molecule has 90 valence electrons. The van der Waals surface area contributed by atoms with Gasteiger partial charge in [-0.05, 0) is 37.5 Å². The first-order valence-electron chi connectivity index (χ1n) is 6.03. The van der Waals surface area contributed by atoms with Gasteiger partial charge in [0.05, 0.1) is 12.6 Å². The quantitative estimate of drug-likeness (QED) is 0.835. The third kappa shape index (κ3) is 3.49. The molecule has 1 aliphatic heterocycles. The third-order valence-electron chi connectivity index (χ3n) is 2.65. The minimum absolute atomic E-state index is 0.435. The summed E-state index contributed by atoms with van der Waals surface area (Å²) in [5.74, 6) is 0.962.